The number of imidazole rings is 1. The number of pyridine rings is 1. The summed E-state index contributed by atoms with van der Waals surface area (Å²) in [6.45, 7) is 5.88. The van der Waals surface area contributed by atoms with E-state index in [1.807, 2.05) is 18.3 Å². The second-order valence-corrected chi connectivity index (χ2v) is 5.47. The predicted molar refractivity (Wildman–Crippen MR) is 78.1 cm³/mol. The molecule has 1 aliphatic rings. The van der Waals surface area contributed by atoms with Crippen LogP contribution in [0.15, 0.2) is 24.5 Å². The van der Waals surface area contributed by atoms with Crippen LogP contribution >= 0.6 is 0 Å². The predicted octanol–water partition coefficient (Wildman–Crippen LogP) is 2.19. The van der Waals surface area contributed by atoms with Crippen molar-refractivity contribution in [1.82, 2.24) is 14.3 Å². The highest BCUT2D eigenvalue weighted by molar-refractivity contribution is 5.68. The highest BCUT2D eigenvalue weighted by Crippen LogP contribution is 2.22. The zero-order chi connectivity index (χ0) is 13.2. The zero-order valence-electron chi connectivity index (χ0n) is 11.5. The van der Waals surface area contributed by atoms with Crippen molar-refractivity contribution < 1.29 is 0 Å². The highest BCUT2D eigenvalue weighted by atomic mass is 15.1. The molecule has 4 heteroatoms. The number of nitrogens with two attached hydrogens (primary N) is 1. The summed E-state index contributed by atoms with van der Waals surface area (Å²) >= 11 is 0. The molecular formula is C15H22N4. The molecule has 2 N–H and O–H groups in total. The number of hydrogen-bond donors (Lipinski definition) is 1. The molecule has 0 amide bonds. The summed E-state index contributed by atoms with van der Waals surface area (Å²) in [5.41, 5.74) is 7.81. The van der Waals surface area contributed by atoms with Gasteiger partial charge in [0.1, 0.15) is 5.82 Å². The molecule has 0 aromatic carbocycles. The lowest BCUT2D eigenvalue weighted by Crippen LogP contribution is -2.34. The van der Waals surface area contributed by atoms with Gasteiger partial charge in [-0.3, -0.25) is 0 Å². The van der Waals surface area contributed by atoms with E-state index >= 15 is 0 Å². The van der Waals surface area contributed by atoms with Crippen molar-refractivity contribution in [3.8, 4) is 0 Å². The summed E-state index contributed by atoms with van der Waals surface area (Å²) in [5.74, 6) is 1.91. The van der Waals surface area contributed by atoms with E-state index in [0.29, 0.717) is 0 Å². The van der Waals surface area contributed by atoms with Gasteiger partial charge in [0.15, 0.2) is 0 Å². The minimum atomic E-state index is 0.759. The third-order valence-corrected chi connectivity index (χ3v) is 4.31. The number of nitrogen functional groups attached to an aromatic ring is 1. The van der Waals surface area contributed by atoms with Crippen molar-refractivity contribution in [3.63, 3.8) is 0 Å². The number of nitrogens with zero attached hydrogens (tertiary/aromatic N) is 3. The van der Waals surface area contributed by atoms with Gasteiger partial charge in [-0.2, -0.15) is 0 Å². The Morgan fingerprint density at radius 3 is 2.89 bits per heavy atom. The third kappa shape index (κ3) is 2.45. The highest BCUT2D eigenvalue weighted by Gasteiger charge is 2.20. The molecule has 2 aromatic heterocycles. The first-order valence-corrected chi connectivity index (χ1v) is 7.20. The number of piperidine rings is 1. The summed E-state index contributed by atoms with van der Waals surface area (Å²) in [4.78, 5) is 7.08. The molecule has 0 aliphatic carbocycles. The van der Waals surface area contributed by atoms with Gasteiger partial charge in [-0.15, -0.1) is 0 Å². The molecule has 3 heterocycles. The van der Waals surface area contributed by atoms with Gasteiger partial charge in [0.2, 0.25) is 0 Å². The Bertz CT molecular complexity index is 552. The van der Waals surface area contributed by atoms with E-state index in [1.54, 1.807) is 0 Å². The Labute approximate surface area is 114 Å². The van der Waals surface area contributed by atoms with Crippen molar-refractivity contribution in [2.24, 2.45) is 5.92 Å². The molecule has 0 radical (unpaired) electrons. The smallest absolute Gasteiger partial charge is 0.113 e. The van der Waals surface area contributed by atoms with Gasteiger partial charge in [0, 0.05) is 12.6 Å². The Hall–Kier alpha value is -1.55. The first-order chi connectivity index (χ1) is 9.28. The van der Waals surface area contributed by atoms with Crippen LogP contribution in [0, 0.1) is 5.92 Å². The van der Waals surface area contributed by atoms with E-state index in [-0.39, 0.29) is 0 Å². The summed E-state index contributed by atoms with van der Waals surface area (Å²) < 4.78 is 2.14. The first kappa shape index (κ1) is 12.5. The zero-order valence-corrected chi connectivity index (χ0v) is 11.5. The second-order valence-electron chi connectivity index (χ2n) is 5.47. The maximum Gasteiger partial charge on any atom is 0.113 e. The summed E-state index contributed by atoms with van der Waals surface area (Å²) in [6.07, 6.45) is 7.59. The first-order valence-electron chi connectivity index (χ1n) is 7.20. The van der Waals surface area contributed by atoms with Crippen LogP contribution in [0.4, 0.5) is 5.69 Å². The summed E-state index contributed by atoms with van der Waals surface area (Å²) in [5, 5.41) is 0. The minimum absolute atomic E-state index is 0.759. The van der Waals surface area contributed by atoms with Crippen LogP contribution in [0.5, 0.6) is 0 Å². The van der Waals surface area contributed by atoms with Crippen LogP contribution in [0.25, 0.3) is 5.52 Å². The monoisotopic (exact) mass is 258 g/mol. The molecule has 1 aliphatic heterocycles. The van der Waals surface area contributed by atoms with E-state index in [4.69, 9.17) is 5.73 Å². The molecule has 0 saturated carbocycles. The number of fused-ring (bicyclic) bond motifs is 1. The molecular weight excluding hydrogens is 236 g/mol. The quantitative estimate of drug-likeness (QED) is 0.918. The molecule has 3 rings (SSSR count). The normalized spacial score (nSPS) is 18.2. The van der Waals surface area contributed by atoms with Crippen LogP contribution < -0.4 is 5.73 Å². The topological polar surface area (TPSA) is 46.6 Å². The van der Waals surface area contributed by atoms with Gasteiger partial charge in [0.25, 0.3) is 0 Å². The number of rotatable bonds is 3. The average molecular weight is 258 g/mol. The van der Waals surface area contributed by atoms with Crippen LogP contribution in [-0.2, 0) is 6.42 Å². The number of hydrogen-bond acceptors (Lipinski definition) is 3. The van der Waals surface area contributed by atoms with Gasteiger partial charge < -0.3 is 15.0 Å². The number of anilines is 1. The molecule has 19 heavy (non-hydrogen) atoms. The number of likely N-dealkylation sites (tertiary alicyclic amines) is 1. The molecule has 102 valence electrons. The van der Waals surface area contributed by atoms with Crippen molar-refractivity contribution in [2.45, 2.75) is 26.2 Å². The van der Waals surface area contributed by atoms with Crippen molar-refractivity contribution in [3.05, 3.63) is 30.4 Å². The molecule has 1 saturated heterocycles. The molecule has 0 bridgehead atoms. The second kappa shape index (κ2) is 5.21. The summed E-state index contributed by atoms with van der Waals surface area (Å²) in [6, 6.07) is 3.92. The van der Waals surface area contributed by atoms with Crippen LogP contribution in [0.3, 0.4) is 0 Å². The lowest BCUT2D eigenvalue weighted by atomic mass is 9.93. The van der Waals surface area contributed by atoms with Crippen LogP contribution in [-0.4, -0.2) is 33.9 Å². The molecule has 4 nitrogen and oxygen atoms in total. The van der Waals surface area contributed by atoms with Crippen molar-refractivity contribution in [2.75, 3.05) is 25.4 Å². The lowest BCUT2D eigenvalue weighted by Gasteiger charge is -2.30. The maximum absolute atomic E-state index is 5.97. The third-order valence-electron chi connectivity index (χ3n) is 4.31. The van der Waals surface area contributed by atoms with E-state index in [2.05, 4.69) is 27.4 Å². The molecule has 0 unspecified atom stereocenters. The summed E-state index contributed by atoms with van der Waals surface area (Å²) in [7, 11) is 0. The largest absolute Gasteiger partial charge is 0.397 e. The van der Waals surface area contributed by atoms with Crippen molar-refractivity contribution >= 4 is 11.2 Å². The lowest BCUT2D eigenvalue weighted by molar-refractivity contribution is 0.191. The molecule has 1 fully saturated rings. The Balaban J connectivity index is 1.74. The molecule has 2 aromatic rings. The fourth-order valence-electron chi connectivity index (χ4n) is 3.01. The molecule has 0 spiro atoms. The van der Waals surface area contributed by atoms with Crippen LogP contribution in [0.1, 0.15) is 25.6 Å². The Morgan fingerprint density at radius 1 is 1.37 bits per heavy atom. The Morgan fingerprint density at radius 2 is 2.16 bits per heavy atom. The fourth-order valence-corrected chi connectivity index (χ4v) is 3.01. The number of aromatic nitrogens is 2. The standard InChI is InChI=1S/C15H22N4/c1-2-18-8-5-12(6-9-18)10-15-17-11-14-13(16)4-3-7-19(14)15/h3-4,7,11-12H,2,5-6,8-10,16H2,1H3. The van der Waals surface area contributed by atoms with E-state index < -0.39 is 0 Å². The van der Waals surface area contributed by atoms with Crippen molar-refractivity contribution in [1.29, 1.82) is 0 Å². The minimum Gasteiger partial charge on any atom is -0.397 e. The van der Waals surface area contributed by atoms with Gasteiger partial charge in [0.05, 0.1) is 17.4 Å². The Kier molecular flexibility index (Phi) is 3.42. The SMILES string of the molecule is CCN1CCC(Cc2ncc3c(N)cccn23)CC1. The van der Waals surface area contributed by atoms with Crippen LogP contribution in [0.2, 0.25) is 0 Å². The van der Waals surface area contributed by atoms with Gasteiger partial charge in [-0.1, -0.05) is 6.92 Å². The van der Waals surface area contributed by atoms with Gasteiger partial charge in [-0.05, 0) is 50.5 Å². The van der Waals surface area contributed by atoms with E-state index in [1.165, 1.54) is 32.5 Å². The molecule has 0 atom stereocenters. The van der Waals surface area contributed by atoms with E-state index in [9.17, 15) is 0 Å². The van der Waals surface area contributed by atoms with E-state index in [0.717, 1.165) is 29.4 Å². The maximum atomic E-state index is 5.97. The van der Waals surface area contributed by atoms with Gasteiger partial charge >= 0.3 is 0 Å². The van der Waals surface area contributed by atoms with Gasteiger partial charge in [-0.25, -0.2) is 4.98 Å². The fraction of sp³-hybridized carbons (Fsp3) is 0.533. The average Bonchev–Trinajstić information content (AvgIpc) is 2.84.